The molecule has 0 aliphatic carbocycles. The maximum absolute atomic E-state index is 12.4. The average molecular weight is 342 g/mol. The van der Waals surface area contributed by atoms with Crippen molar-refractivity contribution in [3.05, 3.63) is 51.2 Å². The van der Waals surface area contributed by atoms with Crippen LogP contribution in [0.15, 0.2) is 34.9 Å². The first-order valence-corrected chi connectivity index (χ1v) is 7.17. The van der Waals surface area contributed by atoms with Crippen molar-refractivity contribution in [3.8, 4) is 0 Å². The van der Waals surface area contributed by atoms with Gasteiger partial charge < -0.3 is 0 Å². The minimum absolute atomic E-state index is 0.00572. The third-order valence-electron chi connectivity index (χ3n) is 2.81. The monoisotopic (exact) mass is 340 g/mol. The molecule has 2 aromatic rings. The van der Waals surface area contributed by atoms with E-state index in [0.717, 1.165) is 10.0 Å². The van der Waals surface area contributed by atoms with Crippen LogP contribution in [0.1, 0.15) is 35.9 Å². The van der Waals surface area contributed by atoms with Gasteiger partial charge in [0, 0.05) is 17.5 Å². The molecule has 1 heterocycles. The molecule has 0 N–H and O–H groups in total. The molecule has 1 aromatic heterocycles. The van der Waals surface area contributed by atoms with Crippen LogP contribution in [0, 0.1) is 0 Å². The first kappa shape index (κ1) is 14.3. The highest BCUT2D eigenvalue weighted by Crippen LogP contribution is 2.23. The standard InChI is InChI=1S/C14H14BrClN2O/c1-9(2)18-14(11(15)8-17-18)13(19)7-10-5-3-4-6-12(10)16/h3-6,8-9H,7H2,1-2H3. The van der Waals surface area contributed by atoms with E-state index in [2.05, 4.69) is 21.0 Å². The number of ketones is 1. The molecule has 3 nitrogen and oxygen atoms in total. The molecule has 0 amide bonds. The Labute approximate surface area is 125 Å². The van der Waals surface area contributed by atoms with E-state index < -0.39 is 0 Å². The zero-order chi connectivity index (χ0) is 14.0. The Hall–Kier alpha value is -1.13. The lowest BCUT2D eigenvalue weighted by Crippen LogP contribution is -2.15. The van der Waals surface area contributed by atoms with Gasteiger partial charge in [0.1, 0.15) is 5.69 Å². The largest absolute Gasteiger partial charge is 0.292 e. The van der Waals surface area contributed by atoms with Crippen LogP contribution >= 0.6 is 27.5 Å². The van der Waals surface area contributed by atoms with Crippen LogP contribution < -0.4 is 0 Å². The lowest BCUT2D eigenvalue weighted by molar-refractivity contribution is 0.0980. The Kier molecular flexibility index (Phi) is 4.42. The van der Waals surface area contributed by atoms with Gasteiger partial charge in [-0.3, -0.25) is 9.48 Å². The fraction of sp³-hybridized carbons (Fsp3) is 0.286. The fourth-order valence-corrected chi connectivity index (χ4v) is 2.59. The molecule has 0 saturated carbocycles. The quantitative estimate of drug-likeness (QED) is 0.777. The van der Waals surface area contributed by atoms with Gasteiger partial charge in [0.05, 0.1) is 10.7 Å². The van der Waals surface area contributed by atoms with Gasteiger partial charge in [-0.25, -0.2) is 0 Å². The van der Waals surface area contributed by atoms with Crippen molar-refractivity contribution in [3.63, 3.8) is 0 Å². The zero-order valence-corrected chi connectivity index (χ0v) is 13.1. The first-order valence-electron chi connectivity index (χ1n) is 6.00. The molecule has 1 aromatic carbocycles. The van der Waals surface area contributed by atoms with Crippen molar-refractivity contribution >= 4 is 33.3 Å². The molecule has 0 atom stereocenters. The van der Waals surface area contributed by atoms with Gasteiger partial charge in [0.25, 0.3) is 0 Å². The van der Waals surface area contributed by atoms with E-state index in [-0.39, 0.29) is 18.2 Å². The first-order chi connectivity index (χ1) is 9.00. The number of hydrogen-bond donors (Lipinski definition) is 0. The van der Waals surface area contributed by atoms with Crippen molar-refractivity contribution in [1.82, 2.24) is 9.78 Å². The second-order valence-electron chi connectivity index (χ2n) is 4.57. The summed E-state index contributed by atoms with van der Waals surface area (Å²) >= 11 is 9.47. The van der Waals surface area contributed by atoms with Crippen molar-refractivity contribution in [2.45, 2.75) is 26.3 Å². The van der Waals surface area contributed by atoms with Gasteiger partial charge >= 0.3 is 0 Å². The average Bonchev–Trinajstić information content (AvgIpc) is 2.74. The number of nitrogens with zero attached hydrogens (tertiary/aromatic N) is 2. The van der Waals surface area contributed by atoms with E-state index in [1.165, 1.54) is 0 Å². The third-order valence-corrected chi connectivity index (χ3v) is 3.76. The fourth-order valence-electron chi connectivity index (χ4n) is 1.89. The molecule has 100 valence electrons. The van der Waals surface area contributed by atoms with Gasteiger partial charge in [-0.15, -0.1) is 0 Å². The van der Waals surface area contributed by atoms with Gasteiger partial charge in [-0.1, -0.05) is 29.8 Å². The molecule has 0 bridgehead atoms. The molecule has 0 fully saturated rings. The van der Waals surface area contributed by atoms with Crippen molar-refractivity contribution in [2.24, 2.45) is 0 Å². The summed E-state index contributed by atoms with van der Waals surface area (Å²) in [6, 6.07) is 7.52. The van der Waals surface area contributed by atoms with Crippen LogP contribution in [0.4, 0.5) is 0 Å². The summed E-state index contributed by atoms with van der Waals surface area (Å²) in [5.74, 6) is 0.00572. The topological polar surface area (TPSA) is 34.9 Å². The molecular formula is C14H14BrClN2O. The third kappa shape index (κ3) is 3.07. The second kappa shape index (κ2) is 5.88. The van der Waals surface area contributed by atoms with E-state index >= 15 is 0 Å². The summed E-state index contributed by atoms with van der Waals surface area (Å²) in [5, 5.41) is 4.83. The molecule has 0 saturated heterocycles. The molecule has 2 rings (SSSR count). The summed E-state index contributed by atoms with van der Waals surface area (Å²) in [7, 11) is 0. The molecule has 0 spiro atoms. The highest BCUT2D eigenvalue weighted by molar-refractivity contribution is 9.10. The predicted molar refractivity (Wildman–Crippen MR) is 79.8 cm³/mol. The Morgan fingerprint density at radius 1 is 1.42 bits per heavy atom. The number of Topliss-reactive ketones (excluding diaryl/α,β-unsaturated/α-hetero) is 1. The van der Waals surface area contributed by atoms with Gasteiger partial charge in [0.15, 0.2) is 5.78 Å². The molecule has 0 radical (unpaired) electrons. The number of benzene rings is 1. The van der Waals surface area contributed by atoms with Crippen molar-refractivity contribution < 1.29 is 4.79 Å². The van der Waals surface area contributed by atoms with Crippen LogP contribution in [0.25, 0.3) is 0 Å². The Balaban J connectivity index is 2.31. The van der Waals surface area contributed by atoms with Crippen LogP contribution in [0.5, 0.6) is 0 Å². The summed E-state index contributed by atoms with van der Waals surface area (Å²) in [4.78, 5) is 12.4. The van der Waals surface area contributed by atoms with Crippen LogP contribution in [0.2, 0.25) is 5.02 Å². The Morgan fingerprint density at radius 2 is 2.11 bits per heavy atom. The number of hydrogen-bond acceptors (Lipinski definition) is 2. The number of carbonyl (C=O) groups is 1. The van der Waals surface area contributed by atoms with E-state index in [4.69, 9.17) is 11.6 Å². The minimum atomic E-state index is 0.00572. The summed E-state index contributed by atoms with van der Waals surface area (Å²) in [5.41, 5.74) is 1.42. The molecule has 0 aliphatic heterocycles. The second-order valence-corrected chi connectivity index (χ2v) is 5.83. The van der Waals surface area contributed by atoms with Gasteiger partial charge in [-0.05, 0) is 41.4 Å². The highest BCUT2D eigenvalue weighted by Gasteiger charge is 2.19. The van der Waals surface area contributed by atoms with Gasteiger partial charge in [0.2, 0.25) is 0 Å². The summed E-state index contributed by atoms with van der Waals surface area (Å²) < 4.78 is 2.45. The lowest BCUT2D eigenvalue weighted by Gasteiger charge is -2.11. The zero-order valence-electron chi connectivity index (χ0n) is 10.7. The predicted octanol–water partition coefficient (Wildman–Crippen LogP) is 4.31. The smallest absolute Gasteiger partial charge is 0.186 e. The molecular weight excluding hydrogens is 328 g/mol. The summed E-state index contributed by atoms with van der Waals surface area (Å²) in [6.45, 7) is 3.98. The van der Waals surface area contributed by atoms with Crippen LogP contribution in [-0.4, -0.2) is 15.6 Å². The number of halogens is 2. The van der Waals surface area contributed by atoms with E-state index in [0.29, 0.717) is 10.7 Å². The van der Waals surface area contributed by atoms with E-state index in [1.54, 1.807) is 16.9 Å². The van der Waals surface area contributed by atoms with Crippen molar-refractivity contribution in [2.75, 3.05) is 0 Å². The minimum Gasteiger partial charge on any atom is -0.292 e. The summed E-state index contributed by atoms with van der Waals surface area (Å²) in [6.07, 6.45) is 1.93. The lowest BCUT2D eigenvalue weighted by atomic mass is 10.1. The molecule has 0 aliphatic rings. The van der Waals surface area contributed by atoms with Gasteiger partial charge in [-0.2, -0.15) is 5.10 Å². The maximum atomic E-state index is 12.4. The molecule has 0 unspecified atom stereocenters. The number of carbonyl (C=O) groups excluding carboxylic acids is 1. The van der Waals surface area contributed by atoms with Crippen LogP contribution in [-0.2, 0) is 6.42 Å². The number of aromatic nitrogens is 2. The highest BCUT2D eigenvalue weighted by atomic mass is 79.9. The van der Waals surface area contributed by atoms with E-state index in [1.807, 2.05) is 32.0 Å². The van der Waals surface area contributed by atoms with Crippen LogP contribution in [0.3, 0.4) is 0 Å². The normalized spacial score (nSPS) is 11.0. The molecule has 5 heteroatoms. The van der Waals surface area contributed by atoms with Crippen molar-refractivity contribution in [1.29, 1.82) is 0 Å². The Morgan fingerprint density at radius 3 is 2.74 bits per heavy atom. The maximum Gasteiger partial charge on any atom is 0.186 e. The molecule has 19 heavy (non-hydrogen) atoms. The number of rotatable bonds is 4. The van der Waals surface area contributed by atoms with E-state index in [9.17, 15) is 4.79 Å². The Bertz CT molecular complexity index is 607. The SMILES string of the molecule is CC(C)n1ncc(Br)c1C(=O)Cc1ccccc1Cl.